The summed E-state index contributed by atoms with van der Waals surface area (Å²) in [6.07, 6.45) is 5.62. The summed E-state index contributed by atoms with van der Waals surface area (Å²) in [4.78, 5) is 23.5. The zero-order valence-corrected chi connectivity index (χ0v) is 21.5. The van der Waals surface area contributed by atoms with Crippen LogP contribution in [0, 0.1) is 0 Å². The van der Waals surface area contributed by atoms with Crippen LogP contribution in [0.4, 0.5) is 5.69 Å². The van der Waals surface area contributed by atoms with Crippen LogP contribution in [-0.2, 0) is 0 Å². The van der Waals surface area contributed by atoms with Gasteiger partial charge in [0.05, 0.1) is 24.3 Å². The van der Waals surface area contributed by atoms with Gasteiger partial charge in [-0.2, -0.15) is 0 Å². The van der Waals surface area contributed by atoms with Crippen molar-refractivity contribution in [2.45, 2.75) is 19.8 Å². The van der Waals surface area contributed by atoms with Gasteiger partial charge in [-0.25, -0.2) is 4.99 Å². The highest BCUT2D eigenvalue weighted by Gasteiger charge is 2.22. The monoisotopic (exact) mass is 488 g/mol. The van der Waals surface area contributed by atoms with Crippen molar-refractivity contribution in [1.29, 1.82) is 0 Å². The lowest BCUT2D eigenvalue weighted by atomic mass is 10.0. The first-order valence-electron chi connectivity index (χ1n) is 13.1. The van der Waals surface area contributed by atoms with E-state index in [9.17, 15) is 0 Å². The minimum absolute atomic E-state index is 0.541. The van der Waals surface area contributed by atoms with Gasteiger partial charge < -0.3 is 4.90 Å². The SMILES string of the molecule is CC(C)c1ccc(C2=NC(CN3CCN(c4ccnc5cc(-c6cccnc6)ccc45)CC3)=NC2)cc1. The van der Waals surface area contributed by atoms with Crippen LogP contribution in [0.3, 0.4) is 0 Å². The number of aromatic nitrogens is 2. The van der Waals surface area contributed by atoms with Crippen molar-refractivity contribution in [3.05, 3.63) is 90.4 Å². The Morgan fingerprint density at radius 1 is 0.838 bits per heavy atom. The van der Waals surface area contributed by atoms with Crippen LogP contribution in [-0.4, -0.2) is 65.7 Å². The molecule has 1 saturated heterocycles. The second kappa shape index (κ2) is 10.2. The molecule has 2 aliphatic rings. The standard InChI is InChI=1S/C31H32N6/c1-22(2)23-5-7-24(8-6-23)29-20-34-31(35-29)21-36-14-16-37(17-15-36)30-11-13-33-28-18-25(9-10-27(28)30)26-4-3-12-32-19-26/h3-13,18-19,22H,14-17,20-21H2,1-2H3. The summed E-state index contributed by atoms with van der Waals surface area (Å²) in [6.45, 7) is 9.87. The fourth-order valence-corrected chi connectivity index (χ4v) is 5.16. The van der Waals surface area contributed by atoms with Crippen LogP contribution in [0.5, 0.6) is 0 Å². The van der Waals surface area contributed by atoms with E-state index in [0.717, 1.165) is 60.9 Å². The summed E-state index contributed by atoms with van der Waals surface area (Å²) in [5, 5.41) is 1.20. The van der Waals surface area contributed by atoms with Crippen molar-refractivity contribution in [3.8, 4) is 11.1 Å². The van der Waals surface area contributed by atoms with E-state index in [1.54, 1.807) is 6.20 Å². The number of nitrogens with zero attached hydrogens (tertiary/aromatic N) is 6. The Balaban J connectivity index is 1.10. The first-order valence-corrected chi connectivity index (χ1v) is 13.1. The maximum absolute atomic E-state index is 4.88. The molecule has 0 unspecified atom stereocenters. The minimum atomic E-state index is 0.541. The number of piperazine rings is 1. The van der Waals surface area contributed by atoms with Gasteiger partial charge in [0.2, 0.25) is 0 Å². The van der Waals surface area contributed by atoms with Crippen LogP contribution >= 0.6 is 0 Å². The van der Waals surface area contributed by atoms with Crippen LogP contribution in [0.2, 0.25) is 0 Å². The molecule has 0 atom stereocenters. The normalized spacial score (nSPS) is 16.4. The Morgan fingerprint density at radius 2 is 1.65 bits per heavy atom. The highest BCUT2D eigenvalue weighted by molar-refractivity contribution is 6.13. The molecule has 0 saturated carbocycles. The summed E-state index contributed by atoms with van der Waals surface area (Å²) in [7, 11) is 0. The Bertz CT molecular complexity index is 1450. The van der Waals surface area contributed by atoms with E-state index in [2.05, 4.69) is 88.2 Å². The number of amidine groups is 1. The molecule has 1 fully saturated rings. The highest BCUT2D eigenvalue weighted by atomic mass is 15.3. The van der Waals surface area contributed by atoms with Gasteiger partial charge in [0.25, 0.3) is 0 Å². The van der Waals surface area contributed by atoms with Crippen molar-refractivity contribution in [3.63, 3.8) is 0 Å². The van der Waals surface area contributed by atoms with E-state index in [1.807, 2.05) is 18.5 Å². The molecule has 6 heteroatoms. The summed E-state index contributed by atoms with van der Waals surface area (Å²) in [5.74, 6) is 1.49. The van der Waals surface area contributed by atoms with Crippen LogP contribution in [0.25, 0.3) is 22.0 Å². The zero-order chi connectivity index (χ0) is 25.2. The van der Waals surface area contributed by atoms with Gasteiger partial charge in [-0.3, -0.25) is 19.9 Å². The first kappa shape index (κ1) is 23.5. The number of aliphatic imine (C=N–C) groups is 2. The topological polar surface area (TPSA) is 57.0 Å². The van der Waals surface area contributed by atoms with Crippen molar-refractivity contribution in [2.75, 3.05) is 44.2 Å². The van der Waals surface area contributed by atoms with E-state index in [4.69, 9.17) is 9.98 Å². The minimum Gasteiger partial charge on any atom is -0.368 e. The largest absolute Gasteiger partial charge is 0.368 e. The van der Waals surface area contributed by atoms with Crippen molar-refractivity contribution in [1.82, 2.24) is 14.9 Å². The van der Waals surface area contributed by atoms with Crippen molar-refractivity contribution < 1.29 is 0 Å². The lowest BCUT2D eigenvalue weighted by Gasteiger charge is -2.36. The number of benzene rings is 2. The summed E-state index contributed by atoms with van der Waals surface area (Å²) in [6, 6.07) is 21.5. The molecule has 186 valence electrons. The number of hydrogen-bond acceptors (Lipinski definition) is 6. The zero-order valence-electron chi connectivity index (χ0n) is 21.5. The van der Waals surface area contributed by atoms with E-state index in [1.165, 1.54) is 22.2 Å². The molecule has 0 amide bonds. The van der Waals surface area contributed by atoms with E-state index in [0.29, 0.717) is 12.5 Å². The van der Waals surface area contributed by atoms with Gasteiger partial charge in [0.15, 0.2) is 0 Å². The molecule has 6 rings (SSSR count). The summed E-state index contributed by atoms with van der Waals surface area (Å²) in [5.41, 5.74) is 8.15. The summed E-state index contributed by atoms with van der Waals surface area (Å²) < 4.78 is 0. The molecular weight excluding hydrogens is 456 g/mol. The van der Waals surface area contributed by atoms with E-state index in [-0.39, 0.29) is 0 Å². The average molecular weight is 489 g/mol. The number of pyridine rings is 2. The average Bonchev–Trinajstić information content (AvgIpc) is 3.42. The van der Waals surface area contributed by atoms with Crippen LogP contribution in [0.1, 0.15) is 30.9 Å². The van der Waals surface area contributed by atoms with E-state index < -0.39 is 0 Å². The van der Waals surface area contributed by atoms with Gasteiger partial charge in [-0.1, -0.05) is 56.3 Å². The molecule has 0 N–H and O–H groups in total. The summed E-state index contributed by atoms with van der Waals surface area (Å²) >= 11 is 0. The van der Waals surface area contributed by atoms with Crippen molar-refractivity contribution in [2.24, 2.45) is 9.98 Å². The lowest BCUT2D eigenvalue weighted by molar-refractivity contribution is 0.291. The predicted octanol–water partition coefficient (Wildman–Crippen LogP) is 5.44. The molecule has 2 aliphatic heterocycles. The van der Waals surface area contributed by atoms with Gasteiger partial charge in [0, 0.05) is 61.4 Å². The smallest absolute Gasteiger partial charge is 0.138 e. The van der Waals surface area contributed by atoms with Gasteiger partial charge in [0.1, 0.15) is 5.84 Å². The van der Waals surface area contributed by atoms with Crippen LogP contribution in [0.15, 0.2) is 89.2 Å². The Labute approximate surface area is 218 Å². The predicted molar refractivity (Wildman–Crippen MR) is 153 cm³/mol. The highest BCUT2D eigenvalue weighted by Crippen LogP contribution is 2.30. The second-order valence-electron chi connectivity index (χ2n) is 10.1. The maximum atomic E-state index is 4.88. The molecule has 37 heavy (non-hydrogen) atoms. The van der Waals surface area contributed by atoms with Gasteiger partial charge >= 0.3 is 0 Å². The third-order valence-corrected chi connectivity index (χ3v) is 7.38. The first-order chi connectivity index (χ1) is 18.1. The number of hydrogen-bond donors (Lipinski definition) is 0. The number of anilines is 1. The van der Waals surface area contributed by atoms with Gasteiger partial charge in [-0.05, 0) is 40.8 Å². The number of rotatable bonds is 6. The molecule has 2 aromatic heterocycles. The van der Waals surface area contributed by atoms with Crippen molar-refractivity contribution >= 4 is 28.1 Å². The molecular formula is C31H32N6. The molecule has 4 aromatic rings. The van der Waals surface area contributed by atoms with Gasteiger partial charge in [-0.15, -0.1) is 0 Å². The third-order valence-electron chi connectivity index (χ3n) is 7.38. The third kappa shape index (κ3) is 5.02. The molecule has 0 aliphatic carbocycles. The molecule has 0 radical (unpaired) electrons. The molecule has 4 heterocycles. The molecule has 0 spiro atoms. The fraction of sp³-hybridized carbons (Fsp3) is 0.290. The Morgan fingerprint density at radius 3 is 2.41 bits per heavy atom. The van der Waals surface area contributed by atoms with Crippen LogP contribution < -0.4 is 4.90 Å². The molecule has 0 bridgehead atoms. The van der Waals surface area contributed by atoms with E-state index >= 15 is 0 Å². The Hall–Kier alpha value is -3.90. The fourth-order valence-electron chi connectivity index (χ4n) is 5.16. The maximum Gasteiger partial charge on any atom is 0.138 e. The lowest BCUT2D eigenvalue weighted by Crippen LogP contribution is -2.47. The molecule has 6 nitrogen and oxygen atoms in total. The number of fused-ring (bicyclic) bond motifs is 1. The molecule has 2 aromatic carbocycles. The quantitative estimate of drug-likeness (QED) is 0.362. The Kier molecular flexibility index (Phi) is 6.49. The second-order valence-corrected chi connectivity index (χ2v) is 10.1.